The molecule has 0 aliphatic heterocycles. The lowest BCUT2D eigenvalue weighted by molar-refractivity contribution is 0.0936. The van der Waals surface area contributed by atoms with Crippen LogP contribution in [-0.4, -0.2) is 44.0 Å². The molecule has 172 valence electrons. The Morgan fingerprint density at radius 3 is 2.25 bits per heavy atom. The van der Waals surface area contributed by atoms with E-state index in [1.807, 2.05) is 63.2 Å². The van der Waals surface area contributed by atoms with E-state index in [0.717, 1.165) is 30.5 Å². The highest BCUT2D eigenvalue weighted by Crippen LogP contribution is 2.08. The summed E-state index contributed by atoms with van der Waals surface area (Å²) in [4.78, 5) is 28.8. The molecule has 0 saturated carbocycles. The lowest BCUT2D eigenvalue weighted by Crippen LogP contribution is -2.38. The summed E-state index contributed by atoms with van der Waals surface area (Å²) in [5.74, 6) is 0.563. The fourth-order valence-corrected chi connectivity index (χ4v) is 3.07. The molecule has 0 radical (unpaired) electrons. The van der Waals surface area contributed by atoms with E-state index >= 15 is 0 Å². The first kappa shape index (κ1) is 24.9. The number of rotatable bonds is 10. The molecule has 0 bridgehead atoms. The molecule has 2 aromatic carbocycles. The minimum atomic E-state index is -0.0882. The highest BCUT2D eigenvalue weighted by atomic mass is 16.2. The van der Waals surface area contributed by atoms with Crippen molar-refractivity contribution in [2.45, 2.75) is 46.2 Å². The SMILES string of the molecule is CCNC(=NCc1cccc(C(=O)NC(C)CC)c1)NCCc1cccc(C(=O)NC)c1. The third kappa shape index (κ3) is 8.06. The summed E-state index contributed by atoms with van der Waals surface area (Å²) in [5.41, 5.74) is 3.35. The van der Waals surface area contributed by atoms with Crippen LogP contribution in [0.1, 0.15) is 59.0 Å². The number of nitrogens with zero attached hydrogens (tertiary/aromatic N) is 1. The van der Waals surface area contributed by atoms with Gasteiger partial charge in [0.05, 0.1) is 6.54 Å². The quantitative estimate of drug-likeness (QED) is 0.340. The Balaban J connectivity index is 1.96. The van der Waals surface area contributed by atoms with Crippen molar-refractivity contribution in [1.82, 2.24) is 21.3 Å². The van der Waals surface area contributed by atoms with Crippen LogP contribution in [-0.2, 0) is 13.0 Å². The molecule has 32 heavy (non-hydrogen) atoms. The Labute approximate surface area is 191 Å². The summed E-state index contributed by atoms with van der Waals surface area (Å²) in [5, 5.41) is 12.2. The molecule has 0 spiro atoms. The van der Waals surface area contributed by atoms with Gasteiger partial charge in [-0.2, -0.15) is 0 Å². The summed E-state index contributed by atoms with van der Waals surface area (Å²) >= 11 is 0. The molecule has 0 aliphatic rings. The van der Waals surface area contributed by atoms with Gasteiger partial charge in [-0.05, 0) is 62.1 Å². The van der Waals surface area contributed by atoms with E-state index in [-0.39, 0.29) is 17.9 Å². The van der Waals surface area contributed by atoms with Crippen molar-refractivity contribution in [3.05, 3.63) is 70.8 Å². The fraction of sp³-hybridized carbons (Fsp3) is 0.400. The Bertz CT molecular complexity index is 926. The summed E-state index contributed by atoms with van der Waals surface area (Å²) in [6, 6.07) is 15.3. The highest BCUT2D eigenvalue weighted by molar-refractivity contribution is 5.94. The van der Waals surface area contributed by atoms with Crippen LogP contribution in [0.4, 0.5) is 0 Å². The number of hydrogen-bond acceptors (Lipinski definition) is 3. The maximum absolute atomic E-state index is 12.4. The van der Waals surface area contributed by atoms with Crippen molar-refractivity contribution in [3.8, 4) is 0 Å². The maximum atomic E-state index is 12.4. The molecule has 1 unspecified atom stereocenters. The molecule has 7 heteroatoms. The van der Waals surface area contributed by atoms with Crippen LogP contribution in [0.15, 0.2) is 53.5 Å². The first-order chi connectivity index (χ1) is 15.5. The van der Waals surface area contributed by atoms with Gasteiger partial charge in [-0.25, -0.2) is 4.99 Å². The van der Waals surface area contributed by atoms with E-state index in [2.05, 4.69) is 26.3 Å². The number of hydrogen-bond donors (Lipinski definition) is 4. The van der Waals surface area contributed by atoms with Crippen molar-refractivity contribution in [3.63, 3.8) is 0 Å². The van der Waals surface area contributed by atoms with Crippen molar-refractivity contribution in [2.75, 3.05) is 20.1 Å². The molecule has 2 aromatic rings. The monoisotopic (exact) mass is 437 g/mol. The minimum Gasteiger partial charge on any atom is -0.357 e. The van der Waals surface area contributed by atoms with Gasteiger partial charge in [0.25, 0.3) is 11.8 Å². The molecular weight excluding hydrogens is 402 g/mol. The molecule has 0 fully saturated rings. The number of carbonyl (C=O) groups excluding carboxylic acids is 2. The van der Waals surface area contributed by atoms with Crippen LogP contribution in [0.5, 0.6) is 0 Å². The van der Waals surface area contributed by atoms with Crippen molar-refractivity contribution >= 4 is 17.8 Å². The van der Waals surface area contributed by atoms with Crippen molar-refractivity contribution < 1.29 is 9.59 Å². The number of benzene rings is 2. The van der Waals surface area contributed by atoms with Crippen LogP contribution < -0.4 is 21.3 Å². The highest BCUT2D eigenvalue weighted by Gasteiger charge is 2.09. The number of aliphatic imine (C=N–C) groups is 1. The lowest BCUT2D eigenvalue weighted by Gasteiger charge is -2.13. The van der Waals surface area contributed by atoms with E-state index in [0.29, 0.717) is 30.2 Å². The third-order valence-corrected chi connectivity index (χ3v) is 5.07. The third-order valence-electron chi connectivity index (χ3n) is 5.07. The van der Waals surface area contributed by atoms with E-state index in [1.165, 1.54) is 0 Å². The van der Waals surface area contributed by atoms with Gasteiger partial charge in [0.1, 0.15) is 0 Å². The number of amides is 2. The number of carbonyl (C=O) groups is 2. The average molecular weight is 438 g/mol. The van der Waals surface area contributed by atoms with Crippen LogP contribution in [0.25, 0.3) is 0 Å². The molecule has 0 aliphatic carbocycles. The van der Waals surface area contributed by atoms with E-state index < -0.39 is 0 Å². The van der Waals surface area contributed by atoms with E-state index in [4.69, 9.17) is 0 Å². The molecular formula is C25H35N5O2. The summed E-state index contributed by atoms with van der Waals surface area (Å²) in [7, 11) is 1.63. The van der Waals surface area contributed by atoms with Crippen molar-refractivity contribution in [2.24, 2.45) is 4.99 Å². The normalized spacial score (nSPS) is 12.1. The molecule has 2 amide bonds. The van der Waals surface area contributed by atoms with Gasteiger partial charge in [-0.3, -0.25) is 9.59 Å². The number of guanidine groups is 1. The van der Waals surface area contributed by atoms with Gasteiger partial charge in [0.15, 0.2) is 5.96 Å². The van der Waals surface area contributed by atoms with E-state index in [1.54, 1.807) is 13.1 Å². The van der Waals surface area contributed by atoms with Gasteiger partial charge in [0, 0.05) is 37.3 Å². The molecule has 2 rings (SSSR count). The standard InChI is InChI=1S/C25H35N5O2/c1-5-18(3)30-24(32)22-12-8-10-20(16-22)17-29-25(27-6-2)28-14-13-19-9-7-11-21(15-19)23(31)26-4/h7-12,15-16,18H,5-6,13-14,17H2,1-4H3,(H,26,31)(H,30,32)(H2,27,28,29). The molecule has 0 saturated heterocycles. The molecule has 0 heterocycles. The largest absolute Gasteiger partial charge is 0.357 e. The van der Waals surface area contributed by atoms with Gasteiger partial charge in [0.2, 0.25) is 0 Å². The zero-order valence-electron chi connectivity index (χ0n) is 19.5. The Hall–Kier alpha value is -3.35. The van der Waals surface area contributed by atoms with Gasteiger partial charge in [-0.15, -0.1) is 0 Å². The zero-order valence-corrected chi connectivity index (χ0v) is 19.5. The van der Waals surface area contributed by atoms with Crippen molar-refractivity contribution in [1.29, 1.82) is 0 Å². The molecule has 7 nitrogen and oxygen atoms in total. The van der Waals surface area contributed by atoms with Crippen LogP contribution in [0, 0.1) is 0 Å². The average Bonchev–Trinajstić information content (AvgIpc) is 2.82. The second kappa shape index (κ2) is 13.1. The first-order valence-corrected chi connectivity index (χ1v) is 11.2. The van der Waals surface area contributed by atoms with Crippen LogP contribution in [0.2, 0.25) is 0 Å². The predicted molar refractivity (Wildman–Crippen MR) is 130 cm³/mol. The molecule has 1 atom stereocenters. The predicted octanol–water partition coefficient (Wildman–Crippen LogP) is 2.87. The van der Waals surface area contributed by atoms with Gasteiger partial charge < -0.3 is 21.3 Å². The minimum absolute atomic E-state index is 0.0609. The van der Waals surface area contributed by atoms with Gasteiger partial charge >= 0.3 is 0 Å². The molecule has 0 aromatic heterocycles. The number of nitrogens with one attached hydrogen (secondary N) is 4. The molecule has 4 N–H and O–H groups in total. The van der Waals surface area contributed by atoms with Crippen LogP contribution in [0.3, 0.4) is 0 Å². The summed E-state index contributed by atoms with van der Waals surface area (Å²) in [6.07, 6.45) is 1.66. The summed E-state index contributed by atoms with van der Waals surface area (Å²) in [6.45, 7) is 7.95. The second-order valence-corrected chi connectivity index (χ2v) is 7.63. The Morgan fingerprint density at radius 2 is 1.59 bits per heavy atom. The summed E-state index contributed by atoms with van der Waals surface area (Å²) < 4.78 is 0. The van der Waals surface area contributed by atoms with Crippen LogP contribution >= 0.6 is 0 Å². The Kier molecular flexibility index (Phi) is 10.2. The smallest absolute Gasteiger partial charge is 0.251 e. The zero-order chi connectivity index (χ0) is 23.3. The lowest BCUT2D eigenvalue weighted by atomic mass is 10.1. The Morgan fingerprint density at radius 1 is 0.938 bits per heavy atom. The second-order valence-electron chi connectivity index (χ2n) is 7.63. The first-order valence-electron chi connectivity index (χ1n) is 11.2. The fourth-order valence-electron chi connectivity index (χ4n) is 3.07. The maximum Gasteiger partial charge on any atom is 0.251 e. The van der Waals surface area contributed by atoms with E-state index in [9.17, 15) is 9.59 Å². The topological polar surface area (TPSA) is 94.6 Å². The van der Waals surface area contributed by atoms with Gasteiger partial charge in [-0.1, -0.05) is 31.2 Å².